The van der Waals surface area contributed by atoms with Crippen LogP contribution >= 0.6 is 0 Å². The van der Waals surface area contributed by atoms with Gasteiger partial charge in [0.05, 0.1) is 0 Å². The summed E-state index contributed by atoms with van der Waals surface area (Å²) in [5, 5.41) is 9.09. The highest BCUT2D eigenvalue weighted by atomic mass is 16.4. The molecule has 1 atom stereocenters. The fourth-order valence-corrected chi connectivity index (χ4v) is 3.14. The minimum atomic E-state index is -0.628. The van der Waals surface area contributed by atoms with Gasteiger partial charge in [-0.25, -0.2) is 0 Å². The third-order valence-corrected chi connectivity index (χ3v) is 4.36. The zero-order valence-electron chi connectivity index (χ0n) is 10.4. The number of aliphatic carboxylic acids is 1. The summed E-state index contributed by atoms with van der Waals surface area (Å²) >= 11 is 0. The maximum absolute atomic E-state index is 11.0. The Morgan fingerprint density at radius 2 is 2.12 bits per heavy atom. The molecule has 0 aromatic heterocycles. The molecule has 16 heavy (non-hydrogen) atoms. The van der Waals surface area contributed by atoms with Crippen molar-refractivity contribution in [2.45, 2.75) is 45.6 Å². The Kier molecular flexibility index (Phi) is 3.53. The van der Waals surface area contributed by atoms with E-state index in [4.69, 9.17) is 5.11 Å². The van der Waals surface area contributed by atoms with E-state index in [0.29, 0.717) is 0 Å². The molecule has 0 aromatic carbocycles. The molecule has 0 aromatic rings. The molecule has 1 aliphatic carbocycles. The number of carbonyl (C=O) groups is 1. The maximum Gasteiger partial charge on any atom is 0.320 e. The standard InChI is InChI=1S/C13H23NO2/c1-9(2)11-6-10(7-11)8-14-5-3-4-12(14)13(15)16/h9-12H,3-8H2,1-2H3,(H,15,16)/t10-,11+,12-/m1/s1. The van der Waals surface area contributed by atoms with Gasteiger partial charge in [0.2, 0.25) is 0 Å². The first-order chi connectivity index (χ1) is 7.58. The third-order valence-electron chi connectivity index (χ3n) is 4.36. The van der Waals surface area contributed by atoms with E-state index in [1.165, 1.54) is 12.8 Å². The van der Waals surface area contributed by atoms with Gasteiger partial charge in [0.15, 0.2) is 0 Å². The van der Waals surface area contributed by atoms with Crippen molar-refractivity contribution in [3.63, 3.8) is 0 Å². The van der Waals surface area contributed by atoms with Crippen molar-refractivity contribution in [2.75, 3.05) is 13.1 Å². The molecule has 1 N–H and O–H groups in total. The van der Waals surface area contributed by atoms with Crippen molar-refractivity contribution in [1.82, 2.24) is 4.90 Å². The molecule has 1 heterocycles. The Labute approximate surface area is 97.8 Å². The second-order valence-electron chi connectivity index (χ2n) is 5.83. The lowest BCUT2D eigenvalue weighted by Gasteiger charge is -2.40. The largest absolute Gasteiger partial charge is 0.480 e. The minimum absolute atomic E-state index is 0.196. The molecule has 0 radical (unpaired) electrons. The monoisotopic (exact) mass is 225 g/mol. The molecule has 1 saturated carbocycles. The van der Waals surface area contributed by atoms with Gasteiger partial charge in [-0.15, -0.1) is 0 Å². The SMILES string of the molecule is CC(C)[C@H]1C[C@@H](CN2CCC[C@@H]2C(=O)O)C1. The van der Waals surface area contributed by atoms with Crippen LogP contribution in [0.5, 0.6) is 0 Å². The Morgan fingerprint density at radius 1 is 1.44 bits per heavy atom. The highest BCUT2D eigenvalue weighted by molar-refractivity contribution is 5.73. The summed E-state index contributed by atoms with van der Waals surface area (Å²) in [6, 6.07) is -0.196. The molecular weight excluding hydrogens is 202 g/mol. The van der Waals surface area contributed by atoms with Gasteiger partial charge in [0, 0.05) is 6.54 Å². The van der Waals surface area contributed by atoms with Crippen LogP contribution in [0.1, 0.15) is 39.5 Å². The van der Waals surface area contributed by atoms with Gasteiger partial charge in [-0.3, -0.25) is 9.69 Å². The smallest absolute Gasteiger partial charge is 0.320 e. The average molecular weight is 225 g/mol. The zero-order chi connectivity index (χ0) is 11.7. The van der Waals surface area contributed by atoms with Crippen LogP contribution in [0, 0.1) is 17.8 Å². The number of likely N-dealkylation sites (tertiary alicyclic amines) is 1. The van der Waals surface area contributed by atoms with E-state index in [1.54, 1.807) is 0 Å². The fourth-order valence-electron chi connectivity index (χ4n) is 3.14. The van der Waals surface area contributed by atoms with E-state index in [2.05, 4.69) is 18.7 Å². The van der Waals surface area contributed by atoms with Crippen molar-refractivity contribution in [2.24, 2.45) is 17.8 Å². The van der Waals surface area contributed by atoms with Gasteiger partial charge >= 0.3 is 5.97 Å². The van der Waals surface area contributed by atoms with Crippen LogP contribution in [-0.2, 0) is 4.79 Å². The normalized spacial score (nSPS) is 35.3. The van der Waals surface area contributed by atoms with Crippen LogP contribution in [0.15, 0.2) is 0 Å². The predicted molar refractivity (Wildman–Crippen MR) is 63.3 cm³/mol. The number of hydrogen-bond donors (Lipinski definition) is 1. The molecule has 92 valence electrons. The summed E-state index contributed by atoms with van der Waals surface area (Å²) < 4.78 is 0. The first-order valence-corrected chi connectivity index (χ1v) is 6.54. The summed E-state index contributed by atoms with van der Waals surface area (Å²) in [5.74, 6) is 1.81. The van der Waals surface area contributed by atoms with Crippen LogP contribution in [-0.4, -0.2) is 35.1 Å². The van der Waals surface area contributed by atoms with Crippen LogP contribution in [0.25, 0.3) is 0 Å². The fraction of sp³-hybridized carbons (Fsp3) is 0.923. The Morgan fingerprint density at radius 3 is 2.69 bits per heavy atom. The van der Waals surface area contributed by atoms with Crippen LogP contribution in [0.3, 0.4) is 0 Å². The van der Waals surface area contributed by atoms with Gasteiger partial charge in [-0.05, 0) is 50.0 Å². The topological polar surface area (TPSA) is 40.5 Å². The quantitative estimate of drug-likeness (QED) is 0.797. The van der Waals surface area contributed by atoms with Crippen molar-refractivity contribution in [1.29, 1.82) is 0 Å². The van der Waals surface area contributed by atoms with Crippen LogP contribution in [0.2, 0.25) is 0 Å². The molecule has 1 saturated heterocycles. The molecule has 2 rings (SSSR count). The summed E-state index contributed by atoms with van der Waals surface area (Å²) in [4.78, 5) is 13.2. The number of carboxylic acids is 1. The molecule has 1 aliphatic heterocycles. The number of carboxylic acid groups (broad SMARTS) is 1. The molecule has 0 unspecified atom stereocenters. The van der Waals surface area contributed by atoms with E-state index < -0.39 is 5.97 Å². The van der Waals surface area contributed by atoms with Gasteiger partial charge in [-0.2, -0.15) is 0 Å². The number of hydrogen-bond acceptors (Lipinski definition) is 2. The zero-order valence-corrected chi connectivity index (χ0v) is 10.4. The lowest BCUT2D eigenvalue weighted by atomic mass is 9.69. The summed E-state index contributed by atoms with van der Waals surface area (Å²) in [5.41, 5.74) is 0. The molecule has 3 heteroatoms. The second kappa shape index (κ2) is 4.74. The Balaban J connectivity index is 1.76. The van der Waals surface area contributed by atoms with E-state index in [9.17, 15) is 4.79 Å². The summed E-state index contributed by atoms with van der Waals surface area (Å²) in [7, 11) is 0. The van der Waals surface area contributed by atoms with Crippen LogP contribution in [0.4, 0.5) is 0 Å². The van der Waals surface area contributed by atoms with Gasteiger partial charge in [-0.1, -0.05) is 13.8 Å². The third kappa shape index (κ3) is 2.40. The van der Waals surface area contributed by atoms with Gasteiger partial charge in [0.1, 0.15) is 6.04 Å². The first-order valence-electron chi connectivity index (χ1n) is 6.54. The Hall–Kier alpha value is -0.570. The highest BCUT2D eigenvalue weighted by Gasteiger charge is 2.36. The van der Waals surface area contributed by atoms with E-state index >= 15 is 0 Å². The lowest BCUT2D eigenvalue weighted by molar-refractivity contribution is -0.142. The van der Waals surface area contributed by atoms with Crippen molar-refractivity contribution >= 4 is 5.97 Å². The molecule has 2 aliphatic rings. The molecule has 2 fully saturated rings. The second-order valence-corrected chi connectivity index (χ2v) is 5.83. The van der Waals surface area contributed by atoms with E-state index in [-0.39, 0.29) is 6.04 Å². The molecule has 0 amide bonds. The predicted octanol–water partition coefficient (Wildman–Crippen LogP) is 2.22. The molecule has 0 bridgehead atoms. The molecule has 3 nitrogen and oxygen atoms in total. The highest BCUT2D eigenvalue weighted by Crippen LogP contribution is 2.39. The summed E-state index contributed by atoms with van der Waals surface area (Å²) in [6.45, 7) is 6.58. The van der Waals surface area contributed by atoms with Gasteiger partial charge in [0.25, 0.3) is 0 Å². The molecule has 0 spiro atoms. The Bertz CT molecular complexity index is 259. The van der Waals surface area contributed by atoms with Crippen molar-refractivity contribution in [3.8, 4) is 0 Å². The van der Waals surface area contributed by atoms with Crippen molar-refractivity contribution in [3.05, 3.63) is 0 Å². The molecular formula is C13H23NO2. The minimum Gasteiger partial charge on any atom is -0.480 e. The summed E-state index contributed by atoms with van der Waals surface area (Å²) in [6.07, 6.45) is 4.51. The van der Waals surface area contributed by atoms with E-state index in [1.807, 2.05) is 0 Å². The van der Waals surface area contributed by atoms with Crippen LogP contribution < -0.4 is 0 Å². The maximum atomic E-state index is 11.0. The number of rotatable bonds is 4. The van der Waals surface area contributed by atoms with Crippen molar-refractivity contribution < 1.29 is 9.90 Å². The number of nitrogens with zero attached hydrogens (tertiary/aromatic N) is 1. The lowest BCUT2D eigenvalue weighted by Crippen LogP contribution is -2.42. The first kappa shape index (κ1) is 11.9. The average Bonchev–Trinajstić information content (AvgIpc) is 2.57. The van der Waals surface area contributed by atoms with E-state index in [0.717, 1.165) is 43.7 Å². The van der Waals surface area contributed by atoms with Gasteiger partial charge < -0.3 is 5.11 Å².